The number of aliphatic hydroxyl groups excluding tert-OH is 1. The fraction of sp³-hybridized carbons (Fsp3) is 0.750. The van der Waals surface area contributed by atoms with Crippen molar-refractivity contribution in [3.05, 3.63) is 0 Å². The number of methoxy groups -OCH3 is 1. The normalized spacial score (nSPS) is 15.1. The van der Waals surface area contributed by atoms with E-state index in [2.05, 4.69) is 4.74 Å². The number of ether oxygens (including phenoxy) is 1. The average molecular weight is 123 g/mol. The van der Waals surface area contributed by atoms with Gasteiger partial charge in [0.05, 0.1) is 12.8 Å². The third-order valence-corrected chi connectivity index (χ3v) is 0.753. The first-order chi connectivity index (χ1) is 3.81. The van der Waals surface area contributed by atoms with Crippen LogP contribution in [0.5, 0.6) is 0 Å². The first kappa shape index (κ1) is 5.28. The van der Waals surface area contributed by atoms with Crippen LogP contribution in [-0.4, -0.2) is 25.0 Å². The highest BCUT2D eigenvalue weighted by molar-refractivity contribution is 7.80. The second-order valence-electron chi connectivity index (χ2n) is 1.16. The van der Waals surface area contributed by atoms with Crippen molar-refractivity contribution in [3.63, 3.8) is 0 Å². The molecule has 0 radical (unpaired) electrons. The molecule has 0 aromatic carbocycles. The summed E-state index contributed by atoms with van der Waals surface area (Å²) in [6.07, 6.45) is 0.474. The van der Waals surface area contributed by atoms with E-state index in [1.807, 2.05) is 0 Å². The van der Waals surface area contributed by atoms with Gasteiger partial charge in [0, 0.05) is 13.5 Å². The lowest BCUT2D eigenvalue weighted by Crippen LogP contribution is -1.96. The SMILES string of the molecule is [2H]/[SH]=C(\O)CCOC. The first-order valence-corrected chi connectivity index (χ1v) is 2.44. The molecule has 1 N–H and O–H groups in total. The number of rotatable bonds is 3. The third-order valence-electron chi connectivity index (χ3n) is 0.530. The molecule has 44 valence electrons. The smallest absolute Gasteiger partial charge is 0.0949 e. The maximum Gasteiger partial charge on any atom is 0.0949 e. The highest BCUT2D eigenvalue weighted by Gasteiger charge is 1.83. The number of aliphatic hydroxyl groups is 1. The predicted octanol–water partition coefficient (Wildman–Crippen LogP) is 0.373. The molecule has 0 heterocycles. The number of hydrogen-bond donors (Lipinski definition) is 1. The molecule has 0 amide bonds. The van der Waals surface area contributed by atoms with Gasteiger partial charge >= 0.3 is 0 Å². The van der Waals surface area contributed by atoms with Crippen molar-refractivity contribution in [1.82, 2.24) is 0 Å². The van der Waals surface area contributed by atoms with Gasteiger partial charge in [0.1, 0.15) is 0 Å². The van der Waals surface area contributed by atoms with Crippen LogP contribution in [0.4, 0.5) is 0 Å². The monoisotopic (exact) mass is 123 g/mol. The fourth-order valence-corrected chi connectivity index (χ4v) is 0.285. The van der Waals surface area contributed by atoms with E-state index in [-0.39, 0.29) is 17.2 Å². The van der Waals surface area contributed by atoms with Gasteiger partial charge in [-0.15, -0.1) is 0 Å². The molecule has 0 aliphatic heterocycles. The van der Waals surface area contributed by atoms with Gasteiger partial charge in [0.2, 0.25) is 0 Å². The Morgan fingerprint density at radius 3 is 3.29 bits per heavy atom. The van der Waals surface area contributed by atoms with Crippen LogP contribution < -0.4 is 0 Å². The minimum absolute atomic E-state index is 0.159. The van der Waals surface area contributed by atoms with Crippen molar-refractivity contribution in [1.29, 1.82) is 1.12 Å². The third kappa shape index (κ3) is 6.14. The van der Waals surface area contributed by atoms with Crippen LogP contribution in [0.1, 0.15) is 6.42 Å². The van der Waals surface area contributed by atoms with E-state index in [4.69, 9.17) is 6.23 Å². The van der Waals surface area contributed by atoms with Crippen LogP contribution in [0.15, 0.2) is 0 Å². The molecule has 0 unspecified atom stereocenters. The van der Waals surface area contributed by atoms with Crippen LogP contribution in [0.3, 0.4) is 0 Å². The van der Waals surface area contributed by atoms with E-state index in [0.29, 0.717) is 13.0 Å². The Hall–Kier alpha value is 0.140. The quantitative estimate of drug-likeness (QED) is 0.549. The summed E-state index contributed by atoms with van der Waals surface area (Å²) in [5.41, 5.74) is 0. The molecule has 2 nitrogen and oxygen atoms in total. The summed E-state index contributed by atoms with van der Waals surface area (Å²) in [6.45, 7) is 0.498. The standard InChI is InChI=1S/C4H10O2S/c1-6-3-2-4(5)7/h5H,2-3,7H2,1H3/i7D. The molecular weight excluding hydrogens is 112 g/mol. The molecule has 0 aromatic rings. The van der Waals surface area contributed by atoms with Crippen molar-refractivity contribution in [2.75, 3.05) is 13.7 Å². The lowest BCUT2D eigenvalue weighted by molar-refractivity contribution is 0.204. The van der Waals surface area contributed by atoms with E-state index < -0.39 is 0 Å². The Balaban J connectivity index is 3.12. The molecule has 0 saturated heterocycles. The van der Waals surface area contributed by atoms with Gasteiger partial charge in [-0.05, 0) is 0 Å². The maximum atomic E-state index is 8.63. The average Bonchev–Trinajstić information content (AvgIpc) is 1.83. The summed E-state index contributed by atoms with van der Waals surface area (Å²) >= 11 is 0.195. The zero-order valence-electron chi connectivity index (χ0n) is 5.22. The minimum atomic E-state index is 0.159. The lowest BCUT2D eigenvalue weighted by atomic mass is 10.5. The zero-order chi connectivity index (χ0) is 6.41. The molecule has 0 atom stereocenters. The van der Waals surface area contributed by atoms with Crippen molar-refractivity contribution in [2.24, 2.45) is 0 Å². The summed E-state index contributed by atoms with van der Waals surface area (Å²) in [5, 5.41) is 8.78. The molecule has 3 heteroatoms. The van der Waals surface area contributed by atoms with E-state index in [1.54, 1.807) is 7.11 Å². The Bertz CT molecular complexity index is 84.1. The molecule has 0 fully saturated rings. The summed E-state index contributed by atoms with van der Waals surface area (Å²) in [5.74, 6) is 0. The topological polar surface area (TPSA) is 29.5 Å². The van der Waals surface area contributed by atoms with Crippen molar-refractivity contribution < 1.29 is 9.84 Å². The van der Waals surface area contributed by atoms with Crippen molar-refractivity contribution in [2.45, 2.75) is 6.42 Å². The Morgan fingerprint density at radius 1 is 2.14 bits per heavy atom. The molecule has 7 heavy (non-hydrogen) atoms. The van der Waals surface area contributed by atoms with Crippen molar-refractivity contribution in [3.8, 4) is 0 Å². The molecular formula is C4H10O2S. The molecule has 0 aromatic heterocycles. The highest BCUT2D eigenvalue weighted by Crippen LogP contribution is 1.80. The van der Waals surface area contributed by atoms with E-state index in [9.17, 15) is 0 Å². The second kappa shape index (κ2) is 4.30. The predicted molar refractivity (Wildman–Crippen MR) is 34.5 cm³/mol. The van der Waals surface area contributed by atoms with Gasteiger partial charge in [0.15, 0.2) is 0 Å². The van der Waals surface area contributed by atoms with Gasteiger partial charge in [-0.3, -0.25) is 0 Å². The fourth-order valence-electron chi connectivity index (χ4n) is 0.193. The van der Waals surface area contributed by atoms with E-state index in [1.165, 1.54) is 0 Å². The summed E-state index contributed by atoms with van der Waals surface area (Å²) in [4.78, 5) is 0. The van der Waals surface area contributed by atoms with Crippen LogP contribution in [0.25, 0.3) is 0 Å². The molecule has 0 spiro atoms. The van der Waals surface area contributed by atoms with Crippen molar-refractivity contribution >= 4 is 17.2 Å². The van der Waals surface area contributed by atoms with Gasteiger partial charge < -0.3 is 9.84 Å². The van der Waals surface area contributed by atoms with Crippen LogP contribution in [0.2, 0.25) is 0 Å². The molecule has 0 bridgehead atoms. The maximum absolute atomic E-state index is 8.63. The summed E-state index contributed by atoms with van der Waals surface area (Å²) in [7, 11) is 1.56. The van der Waals surface area contributed by atoms with Gasteiger partial charge in [-0.2, -0.15) is 12.1 Å². The molecule has 0 aliphatic rings. The minimum Gasteiger partial charge on any atom is -0.384 e. The lowest BCUT2D eigenvalue weighted by Gasteiger charge is -1.92. The second-order valence-corrected chi connectivity index (χ2v) is 1.68. The molecule has 0 saturated carbocycles. The largest absolute Gasteiger partial charge is 0.384 e. The van der Waals surface area contributed by atoms with Crippen LogP contribution in [-0.2, 0) is 4.74 Å². The van der Waals surface area contributed by atoms with E-state index in [0.717, 1.165) is 0 Å². The first-order valence-electron chi connectivity index (χ1n) is 2.44. The van der Waals surface area contributed by atoms with E-state index >= 15 is 0 Å². The molecule has 0 aliphatic carbocycles. The Kier molecular flexibility index (Phi) is 3.25. The molecule has 0 rings (SSSR count). The van der Waals surface area contributed by atoms with Gasteiger partial charge in [0.25, 0.3) is 0 Å². The van der Waals surface area contributed by atoms with Gasteiger partial charge in [-0.1, -0.05) is 0 Å². The Morgan fingerprint density at radius 2 is 2.86 bits per heavy atom. The Labute approximate surface area is 49.2 Å². The number of hydrogen-bond acceptors (Lipinski definition) is 1. The van der Waals surface area contributed by atoms with Gasteiger partial charge in [-0.25, -0.2) is 0 Å². The highest BCUT2D eigenvalue weighted by atomic mass is 32.1. The zero-order valence-corrected chi connectivity index (χ0v) is 5.11. The van der Waals surface area contributed by atoms with Crippen LogP contribution >= 0.6 is 12.1 Å². The summed E-state index contributed by atoms with van der Waals surface area (Å²) < 4.78 is 11.3. The summed E-state index contributed by atoms with van der Waals surface area (Å²) in [6, 6.07) is 0. The van der Waals surface area contributed by atoms with Crippen LogP contribution in [0, 0.1) is 0 Å².